The number of hydrogen-bond acceptors (Lipinski definition) is 0. The van der Waals surface area contributed by atoms with Crippen LogP contribution < -0.4 is 24.8 Å². The van der Waals surface area contributed by atoms with Crippen LogP contribution in [0.1, 0.15) is 34.1 Å². The molecule has 0 bridgehead atoms. The van der Waals surface area contributed by atoms with Gasteiger partial charge < -0.3 is 31.2 Å². The standard InChI is InChI=1S/C9H7.C8H11.C3H7.2ClH.Zr/c1-2-5-9-7-3-6-8(9)4-1;1-7(2)8-5-3-4-6-8;1-3-2;;;/h1-7H;5-7H,3H2,1-2H3;3H,1-2H3;2*1H;/q3*-1;;;+2/p-2. The van der Waals surface area contributed by atoms with Crippen molar-refractivity contribution in [3.05, 3.63) is 72.7 Å². The SMILES string of the molecule is CC(C)C1=CC[C-]=C1.C[CH-]C.[Cl-].[Cl-].[Zr+2].c1ccc2[cH-]ccc2c1. The Morgan fingerprint density at radius 1 is 1.09 bits per heavy atom. The summed E-state index contributed by atoms with van der Waals surface area (Å²) < 4.78 is 0. The monoisotopic (exact) mass is 425 g/mol. The molecule has 3 rings (SSSR count). The van der Waals surface area contributed by atoms with E-state index in [4.69, 9.17) is 0 Å². The summed E-state index contributed by atoms with van der Waals surface area (Å²) >= 11 is 0. The quantitative estimate of drug-likeness (QED) is 0.568. The van der Waals surface area contributed by atoms with Gasteiger partial charge in [-0.1, -0.05) is 25.8 Å². The van der Waals surface area contributed by atoms with Gasteiger partial charge in [-0.25, -0.2) is 6.08 Å². The van der Waals surface area contributed by atoms with E-state index in [2.05, 4.69) is 74.5 Å². The van der Waals surface area contributed by atoms with Crippen molar-refractivity contribution in [2.45, 2.75) is 34.1 Å². The molecule has 1 aliphatic carbocycles. The van der Waals surface area contributed by atoms with Crippen LogP contribution in [0.15, 0.2) is 60.2 Å². The molecule has 0 fully saturated rings. The number of hydrogen-bond donors (Lipinski definition) is 0. The van der Waals surface area contributed by atoms with Crippen LogP contribution in [0.25, 0.3) is 10.8 Å². The van der Waals surface area contributed by atoms with Gasteiger partial charge in [0.2, 0.25) is 0 Å². The van der Waals surface area contributed by atoms with Crippen molar-refractivity contribution in [1.29, 1.82) is 0 Å². The molecule has 0 amide bonds. The van der Waals surface area contributed by atoms with Crippen molar-refractivity contribution in [2.24, 2.45) is 5.92 Å². The van der Waals surface area contributed by atoms with Crippen molar-refractivity contribution in [3.63, 3.8) is 0 Å². The van der Waals surface area contributed by atoms with Crippen molar-refractivity contribution in [1.82, 2.24) is 0 Å². The fourth-order valence-electron chi connectivity index (χ4n) is 1.88. The van der Waals surface area contributed by atoms with E-state index in [9.17, 15) is 0 Å². The van der Waals surface area contributed by atoms with Gasteiger partial charge in [0.25, 0.3) is 0 Å². The minimum atomic E-state index is 0. The van der Waals surface area contributed by atoms with Gasteiger partial charge in [0, 0.05) is 0 Å². The first kappa shape index (κ1) is 27.6. The molecular formula is C20H25Cl2Zr-3. The van der Waals surface area contributed by atoms with E-state index in [1.165, 1.54) is 16.3 Å². The Labute approximate surface area is 173 Å². The second kappa shape index (κ2) is 16.6. The Kier molecular flexibility index (Phi) is 20.0. The molecule has 1 aliphatic rings. The zero-order valence-electron chi connectivity index (χ0n) is 14.3. The molecule has 23 heavy (non-hydrogen) atoms. The Hall–Kier alpha value is -0.227. The Balaban J connectivity index is -0.000000270. The Bertz CT molecular complexity index is 523. The van der Waals surface area contributed by atoms with Crippen LogP contribution in [0.2, 0.25) is 0 Å². The molecule has 0 saturated heterocycles. The predicted molar refractivity (Wildman–Crippen MR) is 90.5 cm³/mol. The summed E-state index contributed by atoms with van der Waals surface area (Å²) in [7, 11) is 0. The minimum Gasteiger partial charge on any atom is -1.00 e. The van der Waals surface area contributed by atoms with Gasteiger partial charge in [-0.05, 0) is 0 Å². The normalized spacial score (nSPS) is 10.9. The van der Waals surface area contributed by atoms with Crippen LogP contribution in [-0.4, -0.2) is 0 Å². The molecule has 2 aromatic carbocycles. The first-order chi connectivity index (χ1) is 9.69. The summed E-state index contributed by atoms with van der Waals surface area (Å²) in [6.07, 6.45) is 10.5. The van der Waals surface area contributed by atoms with Crippen LogP contribution in [0.4, 0.5) is 0 Å². The van der Waals surface area contributed by atoms with Crippen molar-refractivity contribution < 1.29 is 51.0 Å². The van der Waals surface area contributed by atoms with E-state index in [1.807, 2.05) is 20.3 Å². The summed E-state index contributed by atoms with van der Waals surface area (Å²) in [5, 5.41) is 2.66. The summed E-state index contributed by atoms with van der Waals surface area (Å²) in [4.78, 5) is 0. The molecule has 0 N–H and O–H groups in total. The molecule has 0 saturated carbocycles. The smallest absolute Gasteiger partial charge is 1.00 e. The zero-order chi connectivity index (χ0) is 14.8. The Morgan fingerprint density at radius 2 is 1.70 bits per heavy atom. The summed E-state index contributed by atoms with van der Waals surface area (Å²) in [6.45, 7) is 8.41. The molecule has 0 aromatic heterocycles. The van der Waals surface area contributed by atoms with E-state index in [0.29, 0.717) is 5.92 Å². The van der Waals surface area contributed by atoms with E-state index < -0.39 is 0 Å². The third kappa shape index (κ3) is 11.0. The second-order valence-electron chi connectivity index (χ2n) is 5.14. The summed E-state index contributed by atoms with van der Waals surface area (Å²) in [5.41, 5.74) is 1.44. The minimum absolute atomic E-state index is 0. The summed E-state index contributed by atoms with van der Waals surface area (Å²) in [6, 6.07) is 14.7. The molecule has 2 aromatic rings. The average molecular weight is 428 g/mol. The number of halogens is 2. The fourth-order valence-corrected chi connectivity index (χ4v) is 1.88. The van der Waals surface area contributed by atoms with Gasteiger partial charge in [0.05, 0.1) is 0 Å². The molecule has 0 spiro atoms. The molecule has 0 nitrogen and oxygen atoms in total. The number of rotatable bonds is 1. The van der Waals surface area contributed by atoms with E-state index in [1.54, 1.807) is 0 Å². The molecule has 0 atom stereocenters. The van der Waals surface area contributed by atoms with Gasteiger partial charge >= 0.3 is 26.2 Å². The van der Waals surface area contributed by atoms with Crippen LogP contribution in [0.5, 0.6) is 0 Å². The summed E-state index contributed by atoms with van der Waals surface area (Å²) in [5.74, 6) is 0.685. The Morgan fingerprint density at radius 3 is 2.13 bits per heavy atom. The molecule has 0 heterocycles. The van der Waals surface area contributed by atoms with Crippen molar-refractivity contribution >= 4 is 10.8 Å². The number of benzene rings is 1. The van der Waals surface area contributed by atoms with Gasteiger partial charge in [-0.2, -0.15) is 43.0 Å². The van der Waals surface area contributed by atoms with Crippen LogP contribution in [0, 0.1) is 18.4 Å². The maximum atomic E-state index is 3.14. The third-order valence-electron chi connectivity index (χ3n) is 2.94. The largest absolute Gasteiger partial charge is 2.00 e. The van der Waals surface area contributed by atoms with Gasteiger partial charge in [0.1, 0.15) is 0 Å². The molecule has 0 radical (unpaired) electrons. The average Bonchev–Trinajstić information content (AvgIpc) is 3.12. The van der Waals surface area contributed by atoms with Crippen molar-refractivity contribution in [3.8, 4) is 0 Å². The molecular weight excluding hydrogens is 402 g/mol. The van der Waals surface area contributed by atoms with E-state index in [0.717, 1.165) is 6.42 Å². The van der Waals surface area contributed by atoms with Crippen LogP contribution in [-0.2, 0) is 26.2 Å². The van der Waals surface area contributed by atoms with Gasteiger partial charge in [0.15, 0.2) is 0 Å². The maximum Gasteiger partial charge on any atom is 2.00 e. The number of allylic oxidation sites excluding steroid dienone is 4. The van der Waals surface area contributed by atoms with Crippen LogP contribution in [0.3, 0.4) is 0 Å². The molecule has 3 heteroatoms. The first-order valence-corrected chi connectivity index (χ1v) is 7.30. The van der Waals surface area contributed by atoms with E-state index >= 15 is 0 Å². The zero-order valence-corrected chi connectivity index (χ0v) is 18.3. The van der Waals surface area contributed by atoms with Gasteiger partial charge in [-0.3, -0.25) is 6.08 Å². The predicted octanol–water partition coefficient (Wildman–Crippen LogP) is 0.127. The van der Waals surface area contributed by atoms with Crippen molar-refractivity contribution in [2.75, 3.05) is 0 Å². The first-order valence-electron chi connectivity index (χ1n) is 7.30. The third-order valence-corrected chi connectivity index (χ3v) is 2.94. The number of fused-ring (bicyclic) bond motifs is 1. The molecule has 126 valence electrons. The van der Waals surface area contributed by atoms with Gasteiger partial charge in [-0.15, -0.1) is 36.1 Å². The van der Waals surface area contributed by atoms with Crippen LogP contribution >= 0.6 is 0 Å². The second-order valence-corrected chi connectivity index (χ2v) is 5.14. The van der Waals surface area contributed by atoms with E-state index in [-0.39, 0.29) is 51.0 Å². The molecule has 0 unspecified atom stereocenters. The maximum absolute atomic E-state index is 3.14. The fraction of sp³-hybridized carbons (Fsp3) is 0.300. The molecule has 0 aliphatic heterocycles. The topological polar surface area (TPSA) is 0 Å².